The van der Waals surface area contributed by atoms with Crippen LogP contribution in [0.25, 0.3) is 0 Å². The highest BCUT2D eigenvalue weighted by Crippen LogP contribution is 2.35. The summed E-state index contributed by atoms with van der Waals surface area (Å²) in [5.74, 6) is 0.272. The molecule has 22 heavy (non-hydrogen) atoms. The Kier molecular flexibility index (Phi) is 4.70. The zero-order valence-electron chi connectivity index (χ0n) is 12.6. The molecule has 0 atom stereocenters. The molecule has 0 aromatic heterocycles. The highest BCUT2D eigenvalue weighted by atomic mass is 79.9. The number of carbonyl (C=O) groups is 1. The molecule has 0 unspecified atom stereocenters. The Hall–Kier alpha value is -1.11. The standard InChI is InChI=1S/C16H20BrNO4/c1-20-14-3-2-11(10-13(14)17)15(19)18-12-4-6-16(7-5-12)21-8-9-22-16/h2-3,10,12H,4-9H2,1H3,(H,18,19). The lowest BCUT2D eigenvalue weighted by Gasteiger charge is -2.35. The van der Waals surface area contributed by atoms with Gasteiger partial charge in [-0.05, 0) is 47.0 Å². The Labute approximate surface area is 138 Å². The van der Waals surface area contributed by atoms with Crippen molar-refractivity contribution < 1.29 is 19.0 Å². The van der Waals surface area contributed by atoms with Gasteiger partial charge in [-0.25, -0.2) is 0 Å². The Morgan fingerprint density at radius 1 is 1.32 bits per heavy atom. The lowest BCUT2D eigenvalue weighted by atomic mass is 9.90. The third kappa shape index (κ3) is 3.29. The van der Waals surface area contributed by atoms with Crippen molar-refractivity contribution in [3.05, 3.63) is 28.2 Å². The number of carbonyl (C=O) groups excluding carboxylic acids is 1. The van der Waals surface area contributed by atoms with Crippen molar-refractivity contribution in [1.29, 1.82) is 0 Å². The van der Waals surface area contributed by atoms with Gasteiger partial charge < -0.3 is 19.5 Å². The fourth-order valence-electron chi connectivity index (χ4n) is 3.06. The van der Waals surface area contributed by atoms with Crippen LogP contribution in [-0.4, -0.2) is 38.1 Å². The number of hydrogen-bond donors (Lipinski definition) is 1. The molecule has 1 N–H and O–H groups in total. The largest absolute Gasteiger partial charge is 0.496 e. The molecule has 120 valence electrons. The first kappa shape index (κ1) is 15.8. The number of halogens is 1. The van der Waals surface area contributed by atoms with Gasteiger partial charge in [0.1, 0.15) is 5.75 Å². The predicted molar refractivity (Wildman–Crippen MR) is 85.1 cm³/mol. The van der Waals surface area contributed by atoms with Crippen molar-refractivity contribution in [3.8, 4) is 5.75 Å². The molecule has 1 spiro atoms. The molecular weight excluding hydrogens is 350 g/mol. The van der Waals surface area contributed by atoms with E-state index in [-0.39, 0.29) is 17.7 Å². The van der Waals surface area contributed by atoms with Crippen molar-refractivity contribution >= 4 is 21.8 Å². The first-order valence-corrected chi connectivity index (χ1v) is 8.33. The molecule has 1 aliphatic carbocycles. The van der Waals surface area contributed by atoms with E-state index >= 15 is 0 Å². The highest BCUT2D eigenvalue weighted by molar-refractivity contribution is 9.10. The molecule has 3 rings (SSSR count). The van der Waals surface area contributed by atoms with Gasteiger partial charge in [0.2, 0.25) is 0 Å². The zero-order valence-corrected chi connectivity index (χ0v) is 14.1. The summed E-state index contributed by atoms with van der Waals surface area (Å²) in [5, 5.41) is 3.09. The van der Waals surface area contributed by atoms with Crippen molar-refractivity contribution in [2.75, 3.05) is 20.3 Å². The second-order valence-corrected chi connectivity index (χ2v) is 6.56. The Balaban J connectivity index is 1.57. The quantitative estimate of drug-likeness (QED) is 0.889. The van der Waals surface area contributed by atoms with Crippen molar-refractivity contribution in [3.63, 3.8) is 0 Å². The number of benzene rings is 1. The minimum atomic E-state index is -0.385. The summed E-state index contributed by atoms with van der Waals surface area (Å²) < 4.78 is 17.4. The highest BCUT2D eigenvalue weighted by Gasteiger charge is 2.40. The van der Waals surface area contributed by atoms with Gasteiger partial charge in [-0.15, -0.1) is 0 Å². The summed E-state index contributed by atoms with van der Waals surface area (Å²) in [5.41, 5.74) is 0.626. The molecule has 2 aliphatic rings. The maximum atomic E-state index is 12.3. The van der Waals surface area contributed by atoms with E-state index in [0.717, 1.165) is 30.2 Å². The first-order valence-electron chi connectivity index (χ1n) is 7.54. The van der Waals surface area contributed by atoms with E-state index in [2.05, 4.69) is 21.2 Å². The maximum Gasteiger partial charge on any atom is 0.251 e. The van der Waals surface area contributed by atoms with Crippen LogP contribution in [0.5, 0.6) is 5.75 Å². The van der Waals surface area contributed by atoms with E-state index in [1.54, 1.807) is 25.3 Å². The molecule has 1 aromatic rings. The Bertz CT molecular complexity index is 547. The second kappa shape index (κ2) is 6.56. The van der Waals surface area contributed by atoms with Crippen LogP contribution in [0.4, 0.5) is 0 Å². The number of ether oxygens (including phenoxy) is 3. The zero-order chi connectivity index (χ0) is 15.6. The van der Waals surface area contributed by atoms with E-state index in [4.69, 9.17) is 14.2 Å². The maximum absolute atomic E-state index is 12.3. The smallest absolute Gasteiger partial charge is 0.251 e. The summed E-state index contributed by atoms with van der Waals surface area (Å²) >= 11 is 3.40. The second-order valence-electron chi connectivity index (χ2n) is 5.70. The molecule has 0 bridgehead atoms. The number of nitrogens with one attached hydrogen (secondary N) is 1. The van der Waals surface area contributed by atoms with Crippen molar-refractivity contribution in [2.24, 2.45) is 0 Å². The third-order valence-electron chi connectivity index (χ3n) is 4.31. The summed E-state index contributed by atoms with van der Waals surface area (Å²) in [6.07, 6.45) is 3.43. The van der Waals surface area contributed by atoms with Crippen LogP contribution in [0.2, 0.25) is 0 Å². The normalized spacial score (nSPS) is 21.0. The molecule has 1 heterocycles. The van der Waals surface area contributed by atoms with Crippen LogP contribution in [0.1, 0.15) is 36.0 Å². The monoisotopic (exact) mass is 369 g/mol. The van der Waals surface area contributed by atoms with Crippen LogP contribution >= 0.6 is 15.9 Å². The van der Waals surface area contributed by atoms with E-state index < -0.39 is 0 Å². The van der Waals surface area contributed by atoms with Gasteiger partial charge in [-0.2, -0.15) is 0 Å². The third-order valence-corrected chi connectivity index (χ3v) is 4.93. The topological polar surface area (TPSA) is 56.8 Å². The number of amides is 1. The average molecular weight is 370 g/mol. The van der Waals surface area contributed by atoms with Gasteiger partial charge in [0, 0.05) is 24.4 Å². The van der Waals surface area contributed by atoms with Crippen molar-refractivity contribution in [2.45, 2.75) is 37.5 Å². The van der Waals surface area contributed by atoms with Crippen LogP contribution < -0.4 is 10.1 Å². The summed E-state index contributed by atoms with van der Waals surface area (Å²) in [6.45, 7) is 1.35. The molecule has 1 aliphatic heterocycles. The van der Waals surface area contributed by atoms with Gasteiger partial charge in [0.25, 0.3) is 5.91 Å². The summed E-state index contributed by atoms with van der Waals surface area (Å²) in [6, 6.07) is 5.51. The molecular formula is C16H20BrNO4. The van der Waals surface area contributed by atoms with Crippen LogP contribution in [0.15, 0.2) is 22.7 Å². The van der Waals surface area contributed by atoms with Gasteiger partial charge in [0.15, 0.2) is 5.79 Å². The predicted octanol–water partition coefficient (Wildman–Crippen LogP) is 2.87. The summed E-state index contributed by atoms with van der Waals surface area (Å²) in [7, 11) is 1.60. The van der Waals surface area contributed by atoms with Crippen molar-refractivity contribution in [1.82, 2.24) is 5.32 Å². The van der Waals surface area contributed by atoms with Crippen LogP contribution in [0.3, 0.4) is 0 Å². The van der Waals surface area contributed by atoms with E-state index in [9.17, 15) is 4.79 Å². The lowest BCUT2D eigenvalue weighted by molar-refractivity contribution is -0.179. The molecule has 1 saturated heterocycles. The van der Waals surface area contributed by atoms with E-state index in [0.29, 0.717) is 24.5 Å². The Morgan fingerprint density at radius 3 is 2.59 bits per heavy atom. The van der Waals surface area contributed by atoms with E-state index in [1.807, 2.05) is 0 Å². The molecule has 0 radical (unpaired) electrons. The lowest BCUT2D eigenvalue weighted by Crippen LogP contribution is -2.44. The fraction of sp³-hybridized carbons (Fsp3) is 0.562. The molecule has 1 aromatic carbocycles. The van der Waals surface area contributed by atoms with Gasteiger partial charge in [0.05, 0.1) is 24.8 Å². The fourth-order valence-corrected chi connectivity index (χ4v) is 3.60. The minimum absolute atomic E-state index is 0.0578. The minimum Gasteiger partial charge on any atom is -0.496 e. The number of hydrogen-bond acceptors (Lipinski definition) is 4. The van der Waals surface area contributed by atoms with Crippen LogP contribution in [-0.2, 0) is 9.47 Å². The number of methoxy groups -OCH3 is 1. The molecule has 2 fully saturated rings. The van der Waals surface area contributed by atoms with Gasteiger partial charge in [-0.1, -0.05) is 0 Å². The number of rotatable bonds is 3. The van der Waals surface area contributed by atoms with E-state index in [1.165, 1.54) is 0 Å². The molecule has 6 heteroatoms. The first-order chi connectivity index (χ1) is 10.6. The SMILES string of the molecule is COc1ccc(C(=O)NC2CCC3(CC2)OCCO3)cc1Br. The van der Waals surface area contributed by atoms with Gasteiger partial charge in [-0.3, -0.25) is 4.79 Å². The van der Waals surface area contributed by atoms with Crippen LogP contribution in [0, 0.1) is 0 Å². The average Bonchev–Trinajstić information content (AvgIpc) is 2.98. The van der Waals surface area contributed by atoms with Gasteiger partial charge >= 0.3 is 0 Å². The molecule has 5 nitrogen and oxygen atoms in total. The molecule has 1 amide bonds. The summed E-state index contributed by atoms with van der Waals surface area (Å²) in [4.78, 5) is 12.3. The Morgan fingerprint density at radius 2 is 2.00 bits per heavy atom. The molecule has 1 saturated carbocycles.